The lowest BCUT2D eigenvalue weighted by molar-refractivity contribution is 2.14. The first-order valence-corrected chi connectivity index (χ1v) is 4.24. The van der Waals surface area contributed by atoms with Gasteiger partial charge in [0.2, 0.25) is 0 Å². The fourth-order valence-corrected chi connectivity index (χ4v) is 0. The zero-order valence-corrected chi connectivity index (χ0v) is 4.12. The molecule has 2 heteroatoms. The molecule has 0 spiro atoms. The topological polar surface area (TPSA) is 0 Å². The largest absolute Gasteiger partial charge is 0.0814 e. The lowest BCUT2D eigenvalue weighted by Crippen LogP contribution is -1.53. The molecule has 26 valence electrons. The van der Waals surface area contributed by atoms with Gasteiger partial charge in [0.15, 0.2) is 0 Å². The van der Waals surface area contributed by atoms with Crippen LogP contribution in [0, 0.1) is 0 Å². The smallest absolute Gasteiger partial charge is 0.0750 e. The molecule has 0 radical (unpaired) electrons. The van der Waals surface area contributed by atoms with E-state index in [-0.39, 0.29) is 8.41 Å². The van der Waals surface area contributed by atoms with E-state index in [2.05, 4.69) is 13.1 Å². The SMILES string of the molecule is B.C[SiH2]C. The summed E-state index contributed by atoms with van der Waals surface area (Å²) in [5.74, 6) is 0. The molecule has 0 aromatic carbocycles. The predicted octanol–water partition coefficient (Wildman–Crippen LogP) is -0.933. The van der Waals surface area contributed by atoms with Crippen molar-refractivity contribution in [2.45, 2.75) is 13.1 Å². The molecule has 0 aliphatic carbocycles. The van der Waals surface area contributed by atoms with E-state index in [0.717, 1.165) is 0 Å². The van der Waals surface area contributed by atoms with Crippen molar-refractivity contribution < 1.29 is 0 Å². The van der Waals surface area contributed by atoms with Crippen LogP contribution in [0.3, 0.4) is 0 Å². The quantitative estimate of drug-likeness (QED) is 0.325. The minimum Gasteiger partial charge on any atom is -0.0750 e. The van der Waals surface area contributed by atoms with Crippen LogP contribution >= 0.6 is 0 Å². The third-order valence-corrected chi connectivity index (χ3v) is 0. The fourth-order valence-electron chi connectivity index (χ4n) is 0. The van der Waals surface area contributed by atoms with Gasteiger partial charge in [-0.2, -0.15) is 0 Å². The Morgan fingerprint density at radius 2 is 1.25 bits per heavy atom. The molecular weight excluding hydrogens is 62.9 g/mol. The van der Waals surface area contributed by atoms with Gasteiger partial charge in [0.25, 0.3) is 0 Å². The van der Waals surface area contributed by atoms with E-state index in [0.29, 0.717) is 9.52 Å². The molecule has 0 bridgehead atoms. The highest BCUT2D eigenvalue weighted by Crippen LogP contribution is 1.36. The van der Waals surface area contributed by atoms with Gasteiger partial charge in [0.1, 0.15) is 0 Å². The van der Waals surface area contributed by atoms with Crippen LogP contribution in [0.2, 0.25) is 13.1 Å². The molecule has 0 heterocycles. The van der Waals surface area contributed by atoms with Gasteiger partial charge in [-0.1, -0.05) is 13.1 Å². The summed E-state index contributed by atoms with van der Waals surface area (Å²) >= 11 is 0. The van der Waals surface area contributed by atoms with E-state index in [9.17, 15) is 0 Å². The van der Waals surface area contributed by atoms with Gasteiger partial charge in [0, 0.05) is 9.52 Å². The van der Waals surface area contributed by atoms with Crippen molar-refractivity contribution in [3.63, 3.8) is 0 Å². The van der Waals surface area contributed by atoms with Crippen molar-refractivity contribution in [2.75, 3.05) is 0 Å². The first-order chi connectivity index (χ1) is 1.41. The Bertz CT molecular complexity index is 6.00. The third kappa shape index (κ3) is 47.2. The Morgan fingerprint density at radius 3 is 1.25 bits per heavy atom. The van der Waals surface area contributed by atoms with Gasteiger partial charge in [-0.3, -0.25) is 0 Å². The van der Waals surface area contributed by atoms with E-state index < -0.39 is 0 Å². The van der Waals surface area contributed by atoms with Crippen LogP contribution in [0.25, 0.3) is 0 Å². The minimum atomic E-state index is 0. The van der Waals surface area contributed by atoms with Crippen LogP contribution < -0.4 is 0 Å². The summed E-state index contributed by atoms with van der Waals surface area (Å²) < 4.78 is 0. The standard InChI is InChI=1S/C2H8Si.BH3/c1-3-2;/h3H2,1-2H3;1H3. The van der Waals surface area contributed by atoms with E-state index in [1.165, 1.54) is 0 Å². The number of rotatable bonds is 0. The van der Waals surface area contributed by atoms with Gasteiger partial charge in [-0.25, -0.2) is 0 Å². The molecule has 0 atom stereocenters. The normalized spacial score (nSPS) is 4.50. The van der Waals surface area contributed by atoms with Crippen molar-refractivity contribution in [1.29, 1.82) is 0 Å². The van der Waals surface area contributed by atoms with Gasteiger partial charge in [-0.05, 0) is 0 Å². The first kappa shape index (κ1) is 8.86. The zero-order chi connectivity index (χ0) is 2.71. The van der Waals surface area contributed by atoms with E-state index in [4.69, 9.17) is 0 Å². The Balaban J connectivity index is 0. The fraction of sp³-hybridized carbons (Fsp3) is 1.00. The average Bonchev–Trinajstić information content (AvgIpc) is 0.918. The molecule has 4 heavy (non-hydrogen) atoms. The molecule has 0 saturated heterocycles. The second-order valence-corrected chi connectivity index (χ2v) is 2.12. The molecule has 0 aromatic rings. The molecule has 0 unspecified atom stereocenters. The summed E-state index contributed by atoms with van der Waals surface area (Å²) in [6, 6.07) is 0. The highest BCUT2D eigenvalue weighted by atomic mass is 28.2. The summed E-state index contributed by atoms with van der Waals surface area (Å²) in [5.41, 5.74) is 0. The summed E-state index contributed by atoms with van der Waals surface area (Å²) in [7, 11) is 0.417. The highest BCUT2D eigenvalue weighted by molar-refractivity contribution is 6.31. The molecule has 0 aliphatic heterocycles. The van der Waals surface area contributed by atoms with Crippen molar-refractivity contribution in [3.8, 4) is 0 Å². The van der Waals surface area contributed by atoms with Gasteiger partial charge < -0.3 is 0 Å². The van der Waals surface area contributed by atoms with Gasteiger partial charge >= 0.3 is 0 Å². The van der Waals surface area contributed by atoms with Crippen molar-refractivity contribution in [1.82, 2.24) is 0 Å². The molecule has 0 amide bonds. The van der Waals surface area contributed by atoms with Crippen molar-refractivity contribution in [2.24, 2.45) is 0 Å². The van der Waals surface area contributed by atoms with Crippen molar-refractivity contribution in [3.05, 3.63) is 0 Å². The maximum Gasteiger partial charge on any atom is 0.0814 e. The predicted molar refractivity (Wildman–Crippen MR) is 30.2 cm³/mol. The van der Waals surface area contributed by atoms with Gasteiger partial charge in [-0.15, -0.1) is 0 Å². The van der Waals surface area contributed by atoms with Crippen LogP contribution in [-0.4, -0.2) is 17.9 Å². The number of hydrogen-bond donors (Lipinski definition) is 0. The second-order valence-electron chi connectivity index (χ2n) is 0.707. The molecule has 0 N–H and O–H groups in total. The van der Waals surface area contributed by atoms with E-state index in [1.807, 2.05) is 0 Å². The van der Waals surface area contributed by atoms with Gasteiger partial charge in [0.05, 0.1) is 8.41 Å². The minimum absolute atomic E-state index is 0. The Morgan fingerprint density at radius 1 is 1.25 bits per heavy atom. The molecule has 0 aromatic heterocycles. The Labute approximate surface area is 32.0 Å². The molecule has 0 rings (SSSR count). The lowest BCUT2D eigenvalue weighted by atomic mass is 10.8. The Kier molecular flexibility index (Phi) is 23.0. The Hall–Kier alpha value is 0.282. The maximum atomic E-state index is 2.26. The molecule has 0 aliphatic rings. The molecule has 0 nitrogen and oxygen atoms in total. The monoisotopic (exact) mass is 74.1 g/mol. The first-order valence-electron chi connectivity index (χ1n) is 1.41. The summed E-state index contributed by atoms with van der Waals surface area (Å²) in [4.78, 5) is 0. The number of hydrogen-bond acceptors (Lipinski definition) is 0. The zero-order valence-electron chi connectivity index (χ0n) is 2.71. The van der Waals surface area contributed by atoms with Crippen LogP contribution in [0.1, 0.15) is 0 Å². The summed E-state index contributed by atoms with van der Waals surface area (Å²) in [5, 5.41) is 0. The average molecular weight is 74.0 g/mol. The van der Waals surface area contributed by atoms with Crippen LogP contribution in [0.4, 0.5) is 0 Å². The summed E-state index contributed by atoms with van der Waals surface area (Å²) in [6.07, 6.45) is 0. The third-order valence-electron chi connectivity index (χ3n) is 0. The highest BCUT2D eigenvalue weighted by Gasteiger charge is 1.38. The van der Waals surface area contributed by atoms with Crippen LogP contribution in [0.5, 0.6) is 0 Å². The van der Waals surface area contributed by atoms with E-state index in [1.54, 1.807) is 0 Å². The lowest BCUT2D eigenvalue weighted by Gasteiger charge is -1.45. The molecule has 0 fully saturated rings. The molecular formula is C2H11BSi. The second kappa shape index (κ2) is 10.4. The van der Waals surface area contributed by atoms with Crippen molar-refractivity contribution >= 4 is 17.9 Å². The van der Waals surface area contributed by atoms with E-state index >= 15 is 0 Å². The molecule has 0 saturated carbocycles. The summed E-state index contributed by atoms with van der Waals surface area (Å²) in [6.45, 7) is 4.53. The maximum absolute atomic E-state index is 2.26. The van der Waals surface area contributed by atoms with Crippen LogP contribution in [-0.2, 0) is 0 Å². The van der Waals surface area contributed by atoms with Crippen LogP contribution in [0.15, 0.2) is 0 Å².